The largest absolute Gasteiger partial charge is 0.418 e. The lowest BCUT2D eigenvalue weighted by atomic mass is 9.95. The number of anilines is 2. The number of aryl methyl sites for hydroxylation is 1. The molecule has 2 aromatic heterocycles. The Morgan fingerprint density at radius 2 is 2.00 bits per heavy atom. The van der Waals surface area contributed by atoms with Crippen molar-refractivity contribution in [2.45, 2.75) is 37.4 Å². The van der Waals surface area contributed by atoms with Crippen LogP contribution in [0.15, 0.2) is 29.4 Å². The van der Waals surface area contributed by atoms with Gasteiger partial charge in [-0.3, -0.25) is 4.79 Å². The molecule has 1 aliphatic rings. The molecule has 0 unspecified atom stereocenters. The molecule has 0 aromatic carbocycles. The van der Waals surface area contributed by atoms with Crippen molar-refractivity contribution in [3.05, 3.63) is 41.2 Å². The van der Waals surface area contributed by atoms with Crippen molar-refractivity contribution >= 4 is 27.1 Å². The van der Waals surface area contributed by atoms with Gasteiger partial charge in [0, 0.05) is 43.6 Å². The molecule has 0 bridgehead atoms. The molecule has 1 aliphatic heterocycles. The molecule has 2 N–H and O–H groups in total. The topological polar surface area (TPSA) is 99.0 Å². The number of halogens is 5. The zero-order chi connectivity index (χ0) is 24.8. The summed E-state index contributed by atoms with van der Waals surface area (Å²) in [6.45, 7) is 2.08. The summed E-state index contributed by atoms with van der Waals surface area (Å²) in [5, 5.41) is 2.29. The first-order valence-corrected chi connectivity index (χ1v) is 11.8. The van der Waals surface area contributed by atoms with Crippen LogP contribution >= 0.6 is 0 Å². The molecule has 1 amide bonds. The average molecular weight is 491 g/mol. The molecule has 2 atom stereocenters. The van der Waals surface area contributed by atoms with Gasteiger partial charge in [0.2, 0.25) is 0 Å². The Kier molecular flexibility index (Phi) is 6.39. The summed E-state index contributed by atoms with van der Waals surface area (Å²) in [7, 11) is -3.20. The monoisotopic (exact) mass is 491 g/mol. The summed E-state index contributed by atoms with van der Waals surface area (Å²) in [5.74, 6) is -5.12. The molecule has 33 heavy (non-hydrogen) atoms. The number of rotatable bonds is 4. The number of piperidine rings is 1. The maximum atomic E-state index is 13.9. The highest BCUT2D eigenvalue weighted by Crippen LogP contribution is 2.38. The third-order valence-corrected chi connectivity index (χ3v) is 6.39. The van der Waals surface area contributed by atoms with Gasteiger partial charge in [0.25, 0.3) is 11.8 Å². The zero-order valence-electron chi connectivity index (χ0n) is 18.0. The second-order valence-electron chi connectivity index (χ2n) is 8.03. The minimum atomic E-state index is -4.78. The molecule has 0 radical (unpaired) electrons. The molecule has 1 fully saturated rings. The van der Waals surface area contributed by atoms with Gasteiger partial charge in [-0.2, -0.15) is 13.2 Å². The van der Waals surface area contributed by atoms with Crippen molar-refractivity contribution in [1.29, 1.82) is 4.78 Å². The summed E-state index contributed by atoms with van der Waals surface area (Å²) in [5.41, 5.74) is -1.88. The van der Waals surface area contributed by atoms with Crippen molar-refractivity contribution < 1.29 is 31.0 Å². The Bertz CT molecular complexity index is 1180. The Labute approximate surface area is 187 Å². The summed E-state index contributed by atoms with van der Waals surface area (Å²) in [6, 6.07) is 3.16. The van der Waals surface area contributed by atoms with E-state index in [4.69, 9.17) is 4.78 Å². The van der Waals surface area contributed by atoms with Gasteiger partial charge in [-0.1, -0.05) is 6.92 Å². The smallest absolute Gasteiger partial charge is 0.355 e. The van der Waals surface area contributed by atoms with E-state index in [1.54, 1.807) is 0 Å². The van der Waals surface area contributed by atoms with Gasteiger partial charge in [-0.25, -0.2) is 27.7 Å². The van der Waals surface area contributed by atoms with E-state index in [9.17, 15) is 31.0 Å². The summed E-state index contributed by atoms with van der Waals surface area (Å²) >= 11 is 0. The number of nitrogens with one attached hydrogen (secondary N) is 2. The van der Waals surface area contributed by atoms with Crippen LogP contribution in [0.25, 0.3) is 0 Å². The second kappa shape index (κ2) is 8.50. The standard InChI is InChI=1S/C20H22F5N5O2S/c1-11-10-30(7-5-19(11,21)22)17-14(9-15(12(2)28-17)20(23,24)25)18(31)29-13-4-6-27-16(8-13)33(3,26)32/h4,6,8-9,11,26H,5,7,10H2,1-3H3,(H,27,29,31)/t11-,33-/m1/s1. The highest BCUT2D eigenvalue weighted by molar-refractivity contribution is 7.91. The van der Waals surface area contributed by atoms with Crippen LogP contribution in [0, 0.1) is 17.6 Å². The fourth-order valence-corrected chi connectivity index (χ4v) is 4.08. The molecule has 3 rings (SSSR count). The minimum absolute atomic E-state index is 0.0606. The minimum Gasteiger partial charge on any atom is -0.355 e. The first-order valence-electron chi connectivity index (χ1n) is 9.82. The molecule has 13 heteroatoms. The van der Waals surface area contributed by atoms with Crippen molar-refractivity contribution in [3.8, 4) is 0 Å². The fourth-order valence-electron chi connectivity index (χ4n) is 3.46. The number of carbonyl (C=O) groups excluding carboxylic acids is 1. The van der Waals surface area contributed by atoms with Gasteiger partial charge >= 0.3 is 6.18 Å². The molecule has 3 heterocycles. The van der Waals surface area contributed by atoms with E-state index in [2.05, 4.69) is 15.3 Å². The van der Waals surface area contributed by atoms with Crippen molar-refractivity contribution in [2.24, 2.45) is 5.92 Å². The summed E-state index contributed by atoms with van der Waals surface area (Å²) < 4.78 is 87.9. The van der Waals surface area contributed by atoms with Crippen LogP contribution in [-0.2, 0) is 15.9 Å². The number of amides is 1. The molecule has 0 aliphatic carbocycles. The molecule has 0 saturated carbocycles. The van der Waals surface area contributed by atoms with E-state index >= 15 is 0 Å². The highest BCUT2D eigenvalue weighted by atomic mass is 32.2. The third-order valence-electron chi connectivity index (χ3n) is 5.36. The van der Waals surface area contributed by atoms with Gasteiger partial charge in [-0.15, -0.1) is 0 Å². The zero-order valence-corrected chi connectivity index (χ0v) is 18.8. The van der Waals surface area contributed by atoms with E-state index in [1.807, 2.05) is 0 Å². The van der Waals surface area contributed by atoms with Crippen LogP contribution in [0.2, 0.25) is 0 Å². The van der Waals surface area contributed by atoms with Gasteiger partial charge in [0.15, 0.2) is 0 Å². The summed E-state index contributed by atoms with van der Waals surface area (Å²) in [6.07, 6.45) is -2.98. The van der Waals surface area contributed by atoms with Crippen LogP contribution in [0.5, 0.6) is 0 Å². The van der Waals surface area contributed by atoms with Crippen LogP contribution < -0.4 is 10.2 Å². The third kappa shape index (κ3) is 5.40. The van der Waals surface area contributed by atoms with E-state index in [0.29, 0.717) is 6.07 Å². The predicted molar refractivity (Wildman–Crippen MR) is 112 cm³/mol. The lowest BCUT2D eigenvalue weighted by molar-refractivity contribution is -0.138. The molecule has 7 nitrogen and oxygen atoms in total. The lowest BCUT2D eigenvalue weighted by Crippen LogP contribution is -2.46. The van der Waals surface area contributed by atoms with E-state index in [1.165, 1.54) is 30.2 Å². The van der Waals surface area contributed by atoms with Crippen molar-refractivity contribution in [2.75, 3.05) is 29.6 Å². The number of aromatic nitrogens is 2. The summed E-state index contributed by atoms with van der Waals surface area (Å²) in [4.78, 5) is 22.2. The Balaban J connectivity index is 2.04. The van der Waals surface area contributed by atoms with Gasteiger partial charge in [0.05, 0.1) is 26.5 Å². The molecular weight excluding hydrogens is 469 g/mol. The molecule has 2 aromatic rings. The van der Waals surface area contributed by atoms with Crippen LogP contribution in [0.3, 0.4) is 0 Å². The molecule has 0 spiro atoms. The highest BCUT2D eigenvalue weighted by Gasteiger charge is 2.43. The number of carbonyl (C=O) groups is 1. The van der Waals surface area contributed by atoms with Crippen LogP contribution in [-0.4, -0.2) is 45.4 Å². The molecule has 1 saturated heterocycles. The quantitative estimate of drug-likeness (QED) is 0.611. The van der Waals surface area contributed by atoms with E-state index in [-0.39, 0.29) is 35.3 Å². The number of nitrogens with zero attached hydrogens (tertiary/aromatic N) is 3. The van der Waals surface area contributed by atoms with Gasteiger partial charge in [0.1, 0.15) is 10.8 Å². The first-order chi connectivity index (χ1) is 15.1. The Morgan fingerprint density at radius 3 is 2.58 bits per heavy atom. The Hall–Kier alpha value is -2.83. The first kappa shape index (κ1) is 24.8. The van der Waals surface area contributed by atoms with Gasteiger partial charge < -0.3 is 10.2 Å². The normalized spacial score (nSPS) is 20.2. The Morgan fingerprint density at radius 1 is 1.33 bits per heavy atom. The SMILES string of the molecule is Cc1nc(N2CCC(F)(F)[C@H](C)C2)c(C(=O)Nc2ccnc([S@](C)(=N)=O)c2)cc1C(F)(F)F. The van der Waals surface area contributed by atoms with E-state index in [0.717, 1.165) is 13.2 Å². The van der Waals surface area contributed by atoms with Crippen LogP contribution in [0.4, 0.5) is 33.5 Å². The van der Waals surface area contributed by atoms with E-state index < -0.39 is 51.2 Å². The predicted octanol–water partition coefficient (Wildman–Crippen LogP) is 4.57. The van der Waals surface area contributed by atoms with Crippen LogP contribution in [0.1, 0.15) is 35.0 Å². The molecular formula is C20H22F5N5O2S. The number of hydrogen-bond donors (Lipinski definition) is 2. The maximum absolute atomic E-state index is 13.9. The van der Waals surface area contributed by atoms with Crippen molar-refractivity contribution in [3.63, 3.8) is 0 Å². The number of alkyl halides is 5. The lowest BCUT2D eigenvalue weighted by Gasteiger charge is -2.38. The van der Waals surface area contributed by atoms with Crippen molar-refractivity contribution in [1.82, 2.24) is 9.97 Å². The molecule has 180 valence electrons. The number of pyridine rings is 2. The maximum Gasteiger partial charge on any atom is 0.418 e. The fraction of sp³-hybridized carbons (Fsp3) is 0.450. The second-order valence-corrected chi connectivity index (χ2v) is 10.1. The van der Waals surface area contributed by atoms with Gasteiger partial charge in [-0.05, 0) is 25.1 Å². The number of hydrogen-bond acceptors (Lipinski definition) is 6. The average Bonchev–Trinajstić information content (AvgIpc) is 2.68.